The maximum Gasteiger partial charge on any atom is 0.347 e. The number of para-hydroxylation sites is 3. The number of aliphatic carboxylic acids is 1. The van der Waals surface area contributed by atoms with Gasteiger partial charge in [0.2, 0.25) is 0 Å². The van der Waals surface area contributed by atoms with Crippen molar-refractivity contribution < 1.29 is 38.9 Å². The number of hydrogen-bond acceptors (Lipinski definition) is 10. The van der Waals surface area contributed by atoms with Gasteiger partial charge in [-0.25, -0.2) is 9.86 Å². The Hall–Kier alpha value is -5.61. The van der Waals surface area contributed by atoms with E-state index in [0.29, 0.717) is 33.3 Å². The van der Waals surface area contributed by atoms with E-state index in [4.69, 9.17) is 51.9 Å². The van der Waals surface area contributed by atoms with Gasteiger partial charge >= 0.3 is 5.97 Å². The molecule has 0 fully saturated rings. The first-order valence-corrected chi connectivity index (χ1v) is 16.2. The van der Waals surface area contributed by atoms with E-state index in [-0.39, 0.29) is 5.75 Å². The van der Waals surface area contributed by atoms with Gasteiger partial charge in [-0.1, -0.05) is 64.1 Å². The van der Waals surface area contributed by atoms with Crippen molar-refractivity contribution in [3.63, 3.8) is 0 Å². The number of nitrogens with zero attached hydrogens (tertiary/aromatic N) is 4. The van der Waals surface area contributed by atoms with Crippen LogP contribution >= 0.6 is 11.6 Å². The molecule has 0 radical (unpaired) electrons. The van der Waals surface area contributed by atoms with Gasteiger partial charge in [-0.15, -0.1) is 0 Å². The highest BCUT2D eigenvalue weighted by Crippen LogP contribution is 2.25. The van der Waals surface area contributed by atoms with Crippen LogP contribution in [0.2, 0.25) is 0 Å². The summed E-state index contributed by atoms with van der Waals surface area (Å²) in [6.45, 7) is 17.0. The Morgan fingerprint density at radius 2 is 0.882 bits per heavy atom. The lowest BCUT2D eigenvalue weighted by Gasteiger charge is -2.27. The fourth-order valence-corrected chi connectivity index (χ4v) is 3.32. The average Bonchev–Trinajstić information content (AvgIpc) is 3.10. The van der Waals surface area contributed by atoms with Gasteiger partial charge in [-0.2, -0.15) is 15.8 Å². The number of carboxylic acid groups (broad SMARTS) is 1. The van der Waals surface area contributed by atoms with Gasteiger partial charge in [-0.3, -0.25) is 14.8 Å². The first kappa shape index (κ1) is 47.5. The SMILES string of the molecule is CC.CC.CC(C)(Oc1ccccc1C#N)C(=O)Cl.CC(C)(Oc1ccccc1C#N)C(=O)O.CN(O)C(=O)C(C)(C)Oc1ccccc1C#N. The summed E-state index contributed by atoms with van der Waals surface area (Å²) in [4.78, 5) is 33.5. The summed E-state index contributed by atoms with van der Waals surface area (Å²) in [6.07, 6.45) is 0. The monoisotopic (exact) mass is 722 g/mol. The summed E-state index contributed by atoms with van der Waals surface area (Å²) < 4.78 is 16.1. The minimum absolute atomic E-state index is 0.285. The van der Waals surface area contributed by atoms with E-state index in [0.717, 1.165) is 0 Å². The second kappa shape index (κ2) is 22.9. The maximum atomic E-state index is 11.6. The molecule has 0 aromatic heterocycles. The van der Waals surface area contributed by atoms with Gasteiger partial charge in [0.25, 0.3) is 11.1 Å². The number of likely N-dealkylation sites (N-methyl/N-ethyl adjacent to an activating group) is 1. The van der Waals surface area contributed by atoms with Crippen LogP contribution in [0, 0.1) is 34.0 Å². The smallest absolute Gasteiger partial charge is 0.347 e. The van der Waals surface area contributed by atoms with Gasteiger partial charge in [0.15, 0.2) is 16.8 Å². The highest BCUT2D eigenvalue weighted by molar-refractivity contribution is 6.65. The number of benzene rings is 3. The van der Waals surface area contributed by atoms with E-state index in [1.165, 1.54) is 34.7 Å². The summed E-state index contributed by atoms with van der Waals surface area (Å²) in [7, 11) is 1.23. The van der Waals surface area contributed by atoms with Crippen LogP contribution < -0.4 is 14.2 Å². The molecule has 12 nitrogen and oxygen atoms in total. The van der Waals surface area contributed by atoms with Crippen LogP contribution in [0.3, 0.4) is 0 Å². The zero-order valence-electron chi connectivity index (χ0n) is 30.9. The van der Waals surface area contributed by atoms with Crippen molar-refractivity contribution in [3.8, 4) is 35.5 Å². The Kier molecular flexibility index (Phi) is 21.3. The van der Waals surface area contributed by atoms with E-state index < -0.39 is 33.9 Å². The number of hydroxylamine groups is 2. The number of hydrogen-bond donors (Lipinski definition) is 2. The maximum absolute atomic E-state index is 11.6. The first-order valence-electron chi connectivity index (χ1n) is 15.8. The molecule has 13 heteroatoms. The molecule has 0 aliphatic heterocycles. The molecule has 0 saturated carbocycles. The van der Waals surface area contributed by atoms with E-state index in [9.17, 15) is 14.4 Å². The molecule has 1 amide bonds. The zero-order chi connectivity index (χ0) is 40.0. The quantitative estimate of drug-likeness (QED) is 0.124. The molecule has 0 heterocycles. The minimum atomic E-state index is -1.34. The number of amides is 1. The van der Waals surface area contributed by atoms with Gasteiger partial charge < -0.3 is 19.3 Å². The van der Waals surface area contributed by atoms with E-state index in [1.807, 2.05) is 45.9 Å². The van der Waals surface area contributed by atoms with Crippen molar-refractivity contribution in [2.24, 2.45) is 0 Å². The predicted molar refractivity (Wildman–Crippen MR) is 193 cm³/mol. The number of rotatable bonds is 9. The summed E-state index contributed by atoms with van der Waals surface area (Å²) in [5.41, 5.74) is -2.66. The van der Waals surface area contributed by atoms with Crippen LogP contribution in [0.5, 0.6) is 17.2 Å². The number of carbonyl (C=O) groups is 3. The third kappa shape index (κ3) is 16.1. The molecular formula is C38H47ClN4O8. The van der Waals surface area contributed by atoms with Gasteiger partial charge in [0, 0.05) is 7.05 Å². The number of ether oxygens (including phenoxy) is 3. The molecular weight excluding hydrogens is 676 g/mol. The molecule has 0 aliphatic carbocycles. The van der Waals surface area contributed by atoms with Crippen molar-refractivity contribution in [1.29, 1.82) is 15.8 Å². The summed E-state index contributed by atoms with van der Waals surface area (Å²) in [5, 5.41) is 44.3. The Morgan fingerprint density at radius 3 is 1.14 bits per heavy atom. The molecule has 3 rings (SSSR count). The Morgan fingerprint density at radius 1 is 0.608 bits per heavy atom. The Balaban J connectivity index is 0. The highest BCUT2D eigenvalue weighted by Gasteiger charge is 2.33. The normalized spacial score (nSPS) is 9.92. The van der Waals surface area contributed by atoms with Crippen molar-refractivity contribution in [2.45, 2.75) is 86.0 Å². The molecule has 0 spiro atoms. The third-order valence-corrected chi connectivity index (χ3v) is 6.37. The molecule has 2 N–H and O–H groups in total. The number of halogens is 1. The molecule has 0 saturated heterocycles. The average molecular weight is 723 g/mol. The highest BCUT2D eigenvalue weighted by atomic mass is 35.5. The molecule has 274 valence electrons. The lowest BCUT2D eigenvalue weighted by atomic mass is 10.1. The standard InChI is InChI=1S/C12H14N2O3.C11H10ClNO2.C11H11NO3.2C2H6/c1-12(2,11(15)14(3)16)17-10-7-5-4-6-9(10)8-13;1-11(2,10(12)14)15-9-6-4-3-5-8(9)7-13;1-11(2,10(13)14)15-9-6-4-3-5-8(9)7-12;2*1-2/h4-7,16H,1-3H3;3-6H,1-2H3;3-6H,1-2H3,(H,13,14);2*1-2H3. The van der Waals surface area contributed by atoms with Crippen molar-refractivity contribution in [2.75, 3.05) is 7.05 Å². The molecule has 51 heavy (non-hydrogen) atoms. The largest absolute Gasteiger partial charge is 0.478 e. The second-order valence-electron chi connectivity index (χ2n) is 11.1. The van der Waals surface area contributed by atoms with Crippen LogP contribution in [0.4, 0.5) is 0 Å². The molecule has 0 unspecified atom stereocenters. The minimum Gasteiger partial charge on any atom is -0.478 e. The van der Waals surface area contributed by atoms with Crippen molar-refractivity contribution in [3.05, 3.63) is 89.5 Å². The zero-order valence-corrected chi connectivity index (χ0v) is 31.7. The lowest BCUT2D eigenvalue weighted by molar-refractivity contribution is -0.174. The first-order chi connectivity index (χ1) is 23.8. The lowest BCUT2D eigenvalue weighted by Crippen LogP contribution is -2.46. The van der Waals surface area contributed by atoms with Gasteiger partial charge in [0.05, 0.1) is 16.7 Å². The molecule has 3 aromatic rings. The van der Waals surface area contributed by atoms with Gasteiger partial charge in [0.1, 0.15) is 35.5 Å². The number of carbonyl (C=O) groups excluding carboxylic acids is 2. The number of carboxylic acids is 1. The van der Waals surface area contributed by atoms with E-state index >= 15 is 0 Å². The van der Waals surface area contributed by atoms with Crippen LogP contribution in [0.25, 0.3) is 0 Å². The fraction of sp³-hybridized carbons (Fsp3) is 0.368. The second-order valence-corrected chi connectivity index (χ2v) is 11.4. The van der Waals surface area contributed by atoms with Crippen LogP contribution in [0.15, 0.2) is 72.8 Å². The summed E-state index contributed by atoms with van der Waals surface area (Å²) in [5.74, 6) is -0.706. The molecule has 0 atom stereocenters. The summed E-state index contributed by atoms with van der Waals surface area (Å²) in [6, 6.07) is 25.7. The van der Waals surface area contributed by atoms with Crippen LogP contribution in [-0.4, -0.2) is 56.3 Å². The van der Waals surface area contributed by atoms with Gasteiger partial charge in [-0.05, 0) is 89.5 Å². The molecule has 0 bridgehead atoms. The van der Waals surface area contributed by atoms with E-state index in [1.54, 1.807) is 86.6 Å². The topological polar surface area (TPSA) is 194 Å². The Bertz CT molecular complexity index is 1620. The fourth-order valence-electron chi connectivity index (χ4n) is 3.29. The van der Waals surface area contributed by atoms with Crippen LogP contribution in [-0.2, 0) is 14.4 Å². The van der Waals surface area contributed by atoms with Crippen LogP contribution in [0.1, 0.15) is 85.9 Å². The molecule has 3 aromatic carbocycles. The van der Waals surface area contributed by atoms with E-state index in [2.05, 4.69) is 0 Å². The van der Waals surface area contributed by atoms with Crippen molar-refractivity contribution in [1.82, 2.24) is 5.06 Å². The predicted octanol–water partition coefficient (Wildman–Crippen LogP) is 7.90. The number of nitriles is 3. The Labute approximate surface area is 305 Å². The molecule has 0 aliphatic rings. The van der Waals surface area contributed by atoms with Crippen molar-refractivity contribution >= 4 is 28.7 Å². The third-order valence-electron chi connectivity index (χ3n) is 5.92. The summed E-state index contributed by atoms with van der Waals surface area (Å²) >= 11 is 5.37.